The van der Waals surface area contributed by atoms with Gasteiger partial charge in [0, 0.05) is 6.54 Å². The molecule has 0 spiro atoms. The van der Waals surface area contributed by atoms with Crippen molar-refractivity contribution in [2.75, 3.05) is 0 Å². The summed E-state index contributed by atoms with van der Waals surface area (Å²) < 4.78 is 17.6. The van der Waals surface area contributed by atoms with E-state index in [0.29, 0.717) is 51.3 Å². The van der Waals surface area contributed by atoms with Crippen LogP contribution in [0, 0.1) is 12.7 Å². The Morgan fingerprint density at radius 1 is 0.879 bits per heavy atom. The lowest BCUT2D eigenvalue weighted by atomic mass is 10.1. The summed E-state index contributed by atoms with van der Waals surface area (Å²) in [5.41, 5.74) is 3.29. The minimum absolute atomic E-state index is 0.127. The number of halogens is 1. The van der Waals surface area contributed by atoms with E-state index < -0.39 is 0 Å². The molecule has 0 saturated heterocycles. The minimum Gasteiger partial charge on any atom is -0.296 e. The van der Waals surface area contributed by atoms with Crippen molar-refractivity contribution in [3.63, 3.8) is 0 Å². The van der Waals surface area contributed by atoms with Crippen molar-refractivity contribution in [3.05, 3.63) is 70.5 Å². The molecule has 0 radical (unpaired) electrons. The third-order valence-corrected chi connectivity index (χ3v) is 6.11. The number of aromatic nitrogens is 5. The fourth-order valence-electron chi connectivity index (χ4n) is 4.43. The van der Waals surface area contributed by atoms with E-state index in [1.54, 1.807) is 21.3 Å². The molecule has 0 bridgehead atoms. The molecule has 7 heteroatoms. The molecule has 0 amide bonds. The summed E-state index contributed by atoms with van der Waals surface area (Å²) in [7, 11) is 0. The molecule has 0 aliphatic rings. The second-order valence-electron chi connectivity index (χ2n) is 8.43. The Labute approximate surface area is 190 Å². The van der Waals surface area contributed by atoms with Gasteiger partial charge in [0.15, 0.2) is 11.3 Å². The standard InChI is InChI=1S/C26H26FN5O/c1-3-4-5-6-9-15-31-17(2)28-24-22(26(31)33)23-25(30-21-14-8-7-13-20(21)29-23)32(24)19-12-10-11-18(27)16-19/h7-8,10-14,16H,3-6,9,15H2,1-2H3. The van der Waals surface area contributed by atoms with Crippen molar-refractivity contribution in [2.45, 2.75) is 52.5 Å². The number of rotatable bonds is 7. The van der Waals surface area contributed by atoms with Crippen molar-refractivity contribution in [1.82, 2.24) is 24.1 Å². The van der Waals surface area contributed by atoms with Crippen LogP contribution in [0.3, 0.4) is 0 Å². The number of benzene rings is 2. The van der Waals surface area contributed by atoms with Crippen molar-refractivity contribution >= 4 is 33.2 Å². The molecule has 33 heavy (non-hydrogen) atoms. The molecule has 5 aromatic rings. The number of hydrogen-bond acceptors (Lipinski definition) is 4. The summed E-state index contributed by atoms with van der Waals surface area (Å²) in [6.07, 6.45) is 5.54. The third kappa shape index (κ3) is 3.77. The number of unbranched alkanes of at least 4 members (excludes halogenated alkanes) is 4. The number of para-hydroxylation sites is 2. The highest BCUT2D eigenvalue weighted by Crippen LogP contribution is 2.29. The molecule has 6 nitrogen and oxygen atoms in total. The van der Waals surface area contributed by atoms with Crippen LogP contribution in [0.4, 0.5) is 4.39 Å². The Morgan fingerprint density at radius 3 is 2.39 bits per heavy atom. The van der Waals surface area contributed by atoms with Gasteiger partial charge >= 0.3 is 0 Å². The molecule has 0 unspecified atom stereocenters. The normalized spacial score (nSPS) is 11.7. The van der Waals surface area contributed by atoms with Gasteiger partial charge in [-0.1, -0.05) is 50.8 Å². The van der Waals surface area contributed by atoms with Crippen LogP contribution in [0.15, 0.2) is 53.3 Å². The Balaban J connectivity index is 1.78. The van der Waals surface area contributed by atoms with Gasteiger partial charge in [-0.25, -0.2) is 19.3 Å². The molecule has 3 heterocycles. The molecule has 3 aromatic heterocycles. The Morgan fingerprint density at radius 2 is 1.64 bits per heavy atom. The van der Waals surface area contributed by atoms with E-state index in [2.05, 4.69) is 6.92 Å². The van der Waals surface area contributed by atoms with E-state index in [-0.39, 0.29) is 11.4 Å². The number of nitrogens with zero attached hydrogens (tertiary/aromatic N) is 5. The number of aryl methyl sites for hydroxylation is 1. The molecule has 0 aliphatic heterocycles. The van der Waals surface area contributed by atoms with Gasteiger partial charge in [-0.15, -0.1) is 0 Å². The zero-order chi connectivity index (χ0) is 22.9. The zero-order valence-electron chi connectivity index (χ0n) is 18.9. The molecule has 2 aromatic carbocycles. The lowest BCUT2D eigenvalue weighted by molar-refractivity contribution is 0.546. The summed E-state index contributed by atoms with van der Waals surface area (Å²) in [6, 6.07) is 13.8. The van der Waals surface area contributed by atoms with E-state index in [1.807, 2.05) is 31.2 Å². The van der Waals surface area contributed by atoms with Crippen LogP contribution >= 0.6 is 0 Å². The summed E-state index contributed by atoms with van der Waals surface area (Å²) in [4.78, 5) is 28.1. The van der Waals surface area contributed by atoms with E-state index >= 15 is 0 Å². The van der Waals surface area contributed by atoms with Crippen LogP contribution in [0.5, 0.6) is 0 Å². The van der Waals surface area contributed by atoms with Crippen molar-refractivity contribution in [1.29, 1.82) is 0 Å². The first kappa shape index (κ1) is 21.2. The highest BCUT2D eigenvalue weighted by Gasteiger charge is 2.22. The molecule has 0 aliphatic carbocycles. The van der Waals surface area contributed by atoms with Crippen LogP contribution in [0.1, 0.15) is 44.9 Å². The maximum Gasteiger partial charge on any atom is 0.265 e. The molecular formula is C26H26FN5O. The first-order chi connectivity index (χ1) is 16.1. The topological polar surface area (TPSA) is 65.6 Å². The van der Waals surface area contributed by atoms with Gasteiger partial charge in [-0.05, 0) is 43.7 Å². The monoisotopic (exact) mass is 443 g/mol. The maximum absolute atomic E-state index is 14.1. The molecule has 0 fully saturated rings. The van der Waals surface area contributed by atoms with Gasteiger partial charge in [-0.2, -0.15) is 0 Å². The Bertz CT molecular complexity index is 1540. The first-order valence-corrected chi connectivity index (χ1v) is 11.5. The second-order valence-corrected chi connectivity index (χ2v) is 8.43. The quantitative estimate of drug-likeness (QED) is 0.303. The van der Waals surface area contributed by atoms with Crippen molar-refractivity contribution in [2.24, 2.45) is 0 Å². The average Bonchev–Trinajstić information content (AvgIpc) is 3.12. The molecule has 0 atom stereocenters. The summed E-state index contributed by atoms with van der Waals surface area (Å²) in [6.45, 7) is 4.65. The van der Waals surface area contributed by atoms with Crippen LogP contribution in [0.25, 0.3) is 38.9 Å². The maximum atomic E-state index is 14.1. The molecule has 5 rings (SSSR count). The average molecular weight is 444 g/mol. The predicted molar refractivity (Wildman–Crippen MR) is 129 cm³/mol. The predicted octanol–water partition coefficient (Wildman–Crippen LogP) is 5.70. The van der Waals surface area contributed by atoms with Crippen LogP contribution in [-0.4, -0.2) is 24.1 Å². The van der Waals surface area contributed by atoms with E-state index in [4.69, 9.17) is 15.0 Å². The highest BCUT2D eigenvalue weighted by atomic mass is 19.1. The number of hydrogen-bond donors (Lipinski definition) is 0. The lowest BCUT2D eigenvalue weighted by Crippen LogP contribution is -2.24. The molecule has 0 saturated carbocycles. The second kappa shape index (κ2) is 8.73. The van der Waals surface area contributed by atoms with Gasteiger partial charge in [0.25, 0.3) is 5.56 Å². The van der Waals surface area contributed by atoms with Gasteiger partial charge < -0.3 is 0 Å². The molecular weight excluding hydrogens is 417 g/mol. The largest absolute Gasteiger partial charge is 0.296 e. The minimum atomic E-state index is -0.367. The SMILES string of the molecule is CCCCCCCn1c(C)nc2c(c1=O)c1nc3ccccc3nc1n2-c1cccc(F)c1. The van der Waals surface area contributed by atoms with Crippen molar-refractivity contribution < 1.29 is 4.39 Å². The zero-order valence-corrected chi connectivity index (χ0v) is 18.9. The van der Waals surface area contributed by atoms with Crippen LogP contribution < -0.4 is 5.56 Å². The molecule has 0 N–H and O–H groups in total. The lowest BCUT2D eigenvalue weighted by Gasteiger charge is -2.11. The summed E-state index contributed by atoms with van der Waals surface area (Å²) in [5.74, 6) is 0.265. The van der Waals surface area contributed by atoms with Gasteiger partial charge in [0.1, 0.15) is 22.5 Å². The summed E-state index contributed by atoms with van der Waals surface area (Å²) >= 11 is 0. The fraction of sp³-hybridized carbons (Fsp3) is 0.308. The Hall–Kier alpha value is -3.61. The van der Waals surface area contributed by atoms with E-state index in [0.717, 1.165) is 19.3 Å². The third-order valence-electron chi connectivity index (χ3n) is 6.11. The van der Waals surface area contributed by atoms with Crippen LogP contribution in [-0.2, 0) is 6.54 Å². The van der Waals surface area contributed by atoms with Gasteiger partial charge in [0.2, 0.25) is 0 Å². The van der Waals surface area contributed by atoms with Crippen LogP contribution in [0.2, 0.25) is 0 Å². The van der Waals surface area contributed by atoms with E-state index in [1.165, 1.54) is 25.0 Å². The van der Waals surface area contributed by atoms with Gasteiger partial charge in [0.05, 0.1) is 16.7 Å². The molecule has 168 valence electrons. The van der Waals surface area contributed by atoms with E-state index in [9.17, 15) is 9.18 Å². The Kier molecular flexibility index (Phi) is 5.62. The number of fused-ring (bicyclic) bond motifs is 4. The smallest absolute Gasteiger partial charge is 0.265 e. The van der Waals surface area contributed by atoms with Gasteiger partial charge in [-0.3, -0.25) is 13.9 Å². The fourth-order valence-corrected chi connectivity index (χ4v) is 4.43. The summed E-state index contributed by atoms with van der Waals surface area (Å²) in [5, 5.41) is 0.423. The first-order valence-electron chi connectivity index (χ1n) is 11.5. The van der Waals surface area contributed by atoms with Crippen molar-refractivity contribution in [3.8, 4) is 5.69 Å². The highest BCUT2D eigenvalue weighted by molar-refractivity contribution is 6.05.